The summed E-state index contributed by atoms with van der Waals surface area (Å²) in [5.74, 6) is -0.0939. The van der Waals surface area contributed by atoms with Gasteiger partial charge < -0.3 is 10.1 Å². The SMILES string of the molecule is Cc1cc(-c2cccc(Cl)c2)ccc1NC(=O)CCc1ccc(S(=O)(=O)N2CCOCC2)cc1. The lowest BCUT2D eigenvalue weighted by atomic mass is 10.0. The number of ether oxygens (including phenoxy) is 1. The predicted octanol–water partition coefficient (Wildman–Crippen LogP) is 4.91. The van der Waals surface area contributed by atoms with Crippen molar-refractivity contribution in [2.24, 2.45) is 0 Å². The summed E-state index contributed by atoms with van der Waals surface area (Å²) in [7, 11) is -3.51. The average molecular weight is 499 g/mol. The molecule has 1 amide bonds. The van der Waals surface area contributed by atoms with Gasteiger partial charge in [-0.3, -0.25) is 4.79 Å². The quantitative estimate of drug-likeness (QED) is 0.502. The summed E-state index contributed by atoms with van der Waals surface area (Å²) in [4.78, 5) is 12.8. The molecule has 0 atom stereocenters. The minimum Gasteiger partial charge on any atom is -0.379 e. The van der Waals surface area contributed by atoms with E-state index in [0.29, 0.717) is 44.2 Å². The fourth-order valence-electron chi connectivity index (χ4n) is 3.89. The third-order valence-corrected chi connectivity index (χ3v) is 7.98. The second-order valence-electron chi connectivity index (χ2n) is 8.25. The molecule has 4 rings (SSSR count). The molecule has 34 heavy (non-hydrogen) atoms. The van der Waals surface area contributed by atoms with Crippen LogP contribution >= 0.6 is 11.6 Å². The van der Waals surface area contributed by atoms with E-state index in [2.05, 4.69) is 5.32 Å². The lowest BCUT2D eigenvalue weighted by molar-refractivity contribution is -0.116. The zero-order valence-electron chi connectivity index (χ0n) is 19.0. The first-order chi connectivity index (χ1) is 16.3. The van der Waals surface area contributed by atoms with E-state index in [4.69, 9.17) is 16.3 Å². The smallest absolute Gasteiger partial charge is 0.243 e. The van der Waals surface area contributed by atoms with Gasteiger partial charge in [-0.05, 0) is 72.0 Å². The summed E-state index contributed by atoms with van der Waals surface area (Å²) in [5, 5.41) is 3.65. The van der Waals surface area contributed by atoms with Gasteiger partial charge in [0, 0.05) is 30.2 Å². The first-order valence-electron chi connectivity index (χ1n) is 11.2. The van der Waals surface area contributed by atoms with Gasteiger partial charge in [-0.15, -0.1) is 0 Å². The van der Waals surface area contributed by atoms with Crippen LogP contribution in [0.4, 0.5) is 5.69 Å². The van der Waals surface area contributed by atoms with Crippen LogP contribution in [0.3, 0.4) is 0 Å². The van der Waals surface area contributed by atoms with Crippen LogP contribution in [0, 0.1) is 6.92 Å². The molecule has 0 spiro atoms. The molecule has 8 heteroatoms. The van der Waals surface area contributed by atoms with Gasteiger partial charge in [-0.2, -0.15) is 4.31 Å². The van der Waals surface area contributed by atoms with Crippen molar-refractivity contribution in [3.63, 3.8) is 0 Å². The van der Waals surface area contributed by atoms with Gasteiger partial charge in [-0.1, -0.05) is 41.9 Å². The number of carbonyl (C=O) groups excluding carboxylic acids is 1. The van der Waals surface area contributed by atoms with E-state index in [-0.39, 0.29) is 10.8 Å². The van der Waals surface area contributed by atoms with Crippen molar-refractivity contribution in [1.29, 1.82) is 0 Å². The number of nitrogens with one attached hydrogen (secondary N) is 1. The van der Waals surface area contributed by atoms with Gasteiger partial charge >= 0.3 is 0 Å². The maximum atomic E-state index is 12.7. The molecule has 3 aromatic carbocycles. The number of sulfonamides is 1. The van der Waals surface area contributed by atoms with Crippen LogP contribution in [0.2, 0.25) is 5.02 Å². The Morgan fingerprint density at radius 1 is 1.00 bits per heavy atom. The summed E-state index contributed by atoms with van der Waals surface area (Å²) < 4.78 is 32.1. The summed E-state index contributed by atoms with van der Waals surface area (Å²) in [6.45, 7) is 3.51. The minimum atomic E-state index is -3.51. The topological polar surface area (TPSA) is 75.7 Å². The predicted molar refractivity (Wildman–Crippen MR) is 135 cm³/mol. The van der Waals surface area contributed by atoms with Crippen molar-refractivity contribution < 1.29 is 17.9 Å². The number of hydrogen-bond donors (Lipinski definition) is 1. The van der Waals surface area contributed by atoms with E-state index < -0.39 is 10.0 Å². The molecule has 0 aliphatic carbocycles. The molecular formula is C26H27ClN2O4S. The summed E-state index contributed by atoms with van der Waals surface area (Å²) in [5.41, 5.74) is 4.69. The van der Waals surface area contributed by atoms with Crippen molar-refractivity contribution in [3.8, 4) is 11.1 Å². The van der Waals surface area contributed by atoms with Crippen molar-refractivity contribution in [2.75, 3.05) is 31.6 Å². The first-order valence-corrected chi connectivity index (χ1v) is 13.0. The van der Waals surface area contributed by atoms with Crippen LogP contribution in [-0.2, 0) is 26.0 Å². The number of nitrogens with zero attached hydrogens (tertiary/aromatic N) is 1. The number of halogens is 1. The zero-order chi connectivity index (χ0) is 24.1. The highest BCUT2D eigenvalue weighted by Gasteiger charge is 2.26. The molecule has 1 aliphatic rings. The van der Waals surface area contributed by atoms with Crippen LogP contribution in [0.1, 0.15) is 17.5 Å². The number of hydrogen-bond acceptors (Lipinski definition) is 4. The molecule has 1 aliphatic heterocycles. The Labute approximate surface area is 205 Å². The zero-order valence-corrected chi connectivity index (χ0v) is 20.5. The molecule has 0 aromatic heterocycles. The molecule has 178 valence electrons. The van der Waals surface area contributed by atoms with Gasteiger partial charge in [0.15, 0.2) is 0 Å². The molecule has 1 heterocycles. The van der Waals surface area contributed by atoms with Crippen molar-refractivity contribution >= 4 is 33.2 Å². The molecular weight excluding hydrogens is 472 g/mol. The van der Waals surface area contributed by atoms with E-state index in [1.807, 2.05) is 49.4 Å². The van der Waals surface area contributed by atoms with Gasteiger partial charge in [0.2, 0.25) is 15.9 Å². The van der Waals surface area contributed by atoms with Gasteiger partial charge in [0.1, 0.15) is 0 Å². The molecule has 6 nitrogen and oxygen atoms in total. The second-order valence-corrected chi connectivity index (χ2v) is 10.6. The maximum absolute atomic E-state index is 12.7. The number of morpholine rings is 1. The molecule has 0 unspecified atom stereocenters. The largest absolute Gasteiger partial charge is 0.379 e. The van der Waals surface area contributed by atoms with Crippen LogP contribution in [-0.4, -0.2) is 44.9 Å². The Kier molecular flexibility index (Phi) is 7.68. The van der Waals surface area contributed by atoms with Gasteiger partial charge in [0.05, 0.1) is 18.1 Å². The second kappa shape index (κ2) is 10.7. The fraction of sp³-hybridized carbons (Fsp3) is 0.269. The van der Waals surface area contributed by atoms with E-state index in [1.54, 1.807) is 24.3 Å². The van der Waals surface area contributed by atoms with Crippen molar-refractivity contribution in [2.45, 2.75) is 24.7 Å². The monoisotopic (exact) mass is 498 g/mol. The van der Waals surface area contributed by atoms with E-state index in [1.165, 1.54) is 4.31 Å². The summed E-state index contributed by atoms with van der Waals surface area (Å²) in [6, 6.07) is 20.3. The van der Waals surface area contributed by atoms with E-state index >= 15 is 0 Å². The van der Waals surface area contributed by atoms with Gasteiger partial charge in [-0.25, -0.2) is 8.42 Å². The third kappa shape index (κ3) is 5.85. The molecule has 1 fully saturated rings. The number of carbonyl (C=O) groups is 1. The lowest BCUT2D eigenvalue weighted by Crippen LogP contribution is -2.40. The molecule has 0 radical (unpaired) electrons. The Hall–Kier alpha value is -2.71. The minimum absolute atomic E-state index is 0.0939. The Morgan fingerprint density at radius 3 is 2.38 bits per heavy atom. The van der Waals surface area contributed by atoms with Gasteiger partial charge in [0.25, 0.3) is 0 Å². The van der Waals surface area contributed by atoms with Crippen LogP contribution in [0.15, 0.2) is 71.6 Å². The summed E-state index contributed by atoms with van der Waals surface area (Å²) >= 11 is 6.09. The van der Waals surface area contributed by atoms with Crippen LogP contribution < -0.4 is 5.32 Å². The number of amides is 1. The third-order valence-electron chi connectivity index (χ3n) is 5.83. The Balaban J connectivity index is 1.34. The van der Waals surface area contributed by atoms with E-state index in [9.17, 15) is 13.2 Å². The number of benzene rings is 3. The fourth-order valence-corrected chi connectivity index (χ4v) is 5.48. The number of aryl methyl sites for hydroxylation is 2. The Morgan fingerprint density at radius 2 is 1.71 bits per heavy atom. The van der Waals surface area contributed by atoms with Crippen LogP contribution in [0.5, 0.6) is 0 Å². The molecule has 0 saturated carbocycles. The molecule has 1 N–H and O–H groups in total. The summed E-state index contributed by atoms with van der Waals surface area (Å²) in [6.07, 6.45) is 0.814. The Bertz CT molecular complexity index is 1270. The first kappa shape index (κ1) is 24.4. The standard InChI is InChI=1S/C26H27ClN2O4S/c1-19-17-22(21-3-2-4-23(27)18-21)8-11-25(19)28-26(30)12-7-20-5-9-24(10-6-20)34(31,32)29-13-15-33-16-14-29/h2-6,8-11,17-18H,7,12-16H2,1H3,(H,28,30). The van der Waals surface area contributed by atoms with Crippen molar-refractivity contribution in [1.82, 2.24) is 4.31 Å². The van der Waals surface area contributed by atoms with Crippen LogP contribution in [0.25, 0.3) is 11.1 Å². The van der Waals surface area contributed by atoms with E-state index in [0.717, 1.165) is 27.9 Å². The maximum Gasteiger partial charge on any atom is 0.243 e. The highest BCUT2D eigenvalue weighted by molar-refractivity contribution is 7.89. The number of anilines is 1. The van der Waals surface area contributed by atoms with Crippen molar-refractivity contribution in [3.05, 3.63) is 82.9 Å². The highest BCUT2D eigenvalue weighted by atomic mass is 35.5. The molecule has 1 saturated heterocycles. The normalized spacial score (nSPS) is 14.6. The molecule has 0 bridgehead atoms. The lowest BCUT2D eigenvalue weighted by Gasteiger charge is -2.26. The average Bonchev–Trinajstić information content (AvgIpc) is 2.85. The molecule has 3 aromatic rings. The highest BCUT2D eigenvalue weighted by Crippen LogP contribution is 2.27. The number of rotatable bonds is 7.